The summed E-state index contributed by atoms with van der Waals surface area (Å²) in [4.78, 5) is 24.7. The molecule has 0 spiro atoms. The van der Waals surface area contributed by atoms with Gasteiger partial charge in [0.1, 0.15) is 18.3 Å². The molecule has 0 fully saturated rings. The molecule has 4 unspecified atom stereocenters. The monoisotopic (exact) mass is 427 g/mol. The Morgan fingerprint density at radius 1 is 1.41 bits per heavy atom. The number of carbonyl (C=O) groups excluding carboxylic acids is 2. The Kier molecular flexibility index (Phi) is 8.80. The molecule has 0 radical (unpaired) electrons. The van der Waals surface area contributed by atoms with Crippen molar-refractivity contribution in [2.75, 3.05) is 20.3 Å². The molecule has 2 heterocycles. The molecular weight excluding hydrogens is 402 g/mol. The van der Waals surface area contributed by atoms with Crippen LogP contribution in [0.3, 0.4) is 0 Å². The van der Waals surface area contributed by atoms with E-state index in [0.717, 1.165) is 4.88 Å². The first-order chi connectivity index (χ1) is 13.9. The van der Waals surface area contributed by atoms with Crippen LogP contribution in [-0.2, 0) is 23.8 Å². The van der Waals surface area contributed by atoms with Crippen LogP contribution in [0, 0.1) is 0 Å². The van der Waals surface area contributed by atoms with Gasteiger partial charge >= 0.3 is 5.97 Å². The zero-order valence-corrected chi connectivity index (χ0v) is 16.9. The zero-order chi connectivity index (χ0) is 21.4. The number of aliphatic hydroxyl groups is 3. The Labute approximate surface area is 172 Å². The Balaban J connectivity index is 2.24. The average molecular weight is 427 g/mol. The quantitative estimate of drug-likeness (QED) is 0.399. The van der Waals surface area contributed by atoms with E-state index in [-0.39, 0.29) is 12.4 Å². The van der Waals surface area contributed by atoms with Crippen LogP contribution in [-0.4, -0.2) is 78.0 Å². The Morgan fingerprint density at radius 3 is 2.76 bits per heavy atom. The summed E-state index contributed by atoms with van der Waals surface area (Å²) in [6.45, 7) is 0.689. The molecule has 160 valence electrons. The number of aliphatic hydroxyl groups excluding tert-OH is 3. The van der Waals surface area contributed by atoms with Gasteiger partial charge in [0.05, 0.1) is 26.4 Å². The van der Waals surface area contributed by atoms with Gasteiger partial charge in [0, 0.05) is 11.8 Å². The maximum Gasteiger partial charge on any atom is 0.373 e. The van der Waals surface area contributed by atoms with Gasteiger partial charge in [-0.1, -0.05) is 12.1 Å². The van der Waals surface area contributed by atoms with E-state index in [1.807, 2.05) is 23.6 Å². The van der Waals surface area contributed by atoms with E-state index in [4.69, 9.17) is 14.6 Å². The lowest BCUT2D eigenvalue weighted by molar-refractivity contribution is -0.153. The van der Waals surface area contributed by atoms with Crippen molar-refractivity contribution in [3.05, 3.63) is 40.3 Å². The van der Waals surface area contributed by atoms with Crippen LogP contribution >= 0.6 is 11.3 Å². The summed E-state index contributed by atoms with van der Waals surface area (Å²) in [6, 6.07) is 2.93. The Hall–Kier alpha value is -2.24. The van der Waals surface area contributed by atoms with Crippen molar-refractivity contribution in [2.45, 2.75) is 37.4 Å². The second-order valence-electron chi connectivity index (χ2n) is 6.29. The largest absolute Gasteiger partial charge is 0.478 e. The number of carbonyl (C=O) groups is 2. The van der Waals surface area contributed by atoms with E-state index < -0.39 is 48.9 Å². The van der Waals surface area contributed by atoms with Crippen molar-refractivity contribution >= 4 is 29.3 Å². The lowest BCUT2D eigenvalue weighted by Gasteiger charge is -2.39. The average Bonchev–Trinajstić information content (AvgIpc) is 3.23. The van der Waals surface area contributed by atoms with Crippen molar-refractivity contribution in [3.63, 3.8) is 0 Å². The molecule has 2 rings (SSSR count). The minimum absolute atomic E-state index is 0.148. The number of thiophene rings is 1. The third-order valence-corrected chi connectivity index (χ3v) is 5.01. The number of methoxy groups -OCH3 is 1. The van der Waals surface area contributed by atoms with Crippen molar-refractivity contribution in [3.8, 4) is 0 Å². The predicted molar refractivity (Wildman–Crippen MR) is 105 cm³/mol. The molecule has 0 aliphatic carbocycles. The molecule has 10 heteroatoms. The zero-order valence-electron chi connectivity index (χ0n) is 16.1. The first-order valence-electron chi connectivity index (χ1n) is 8.90. The number of amides is 1. The summed E-state index contributed by atoms with van der Waals surface area (Å²) in [5.74, 6) is -1.45. The summed E-state index contributed by atoms with van der Waals surface area (Å²) in [5.41, 5.74) is 0. The van der Waals surface area contributed by atoms with Crippen LogP contribution in [0.2, 0.25) is 0 Å². The molecule has 0 aromatic carbocycles. The second kappa shape index (κ2) is 11.1. The summed E-state index contributed by atoms with van der Waals surface area (Å²) in [7, 11) is 1.17. The lowest BCUT2D eigenvalue weighted by atomic mass is 9.93. The van der Waals surface area contributed by atoms with Crippen molar-refractivity contribution in [2.24, 2.45) is 0 Å². The lowest BCUT2D eigenvalue weighted by Crippen LogP contribution is -2.60. The highest BCUT2D eigenvalue weighted by molar-refractivity contribution is 7.10. The second-order valence-corrected chi connectivity index (χ2v) is 7.27. The fraction of sp³-hybridized carbons (Fsp3) is 0.474. The molecule has 29 heavy (non-hydrogen) atoms. The molecule has 1 aliphatic heterocycles. The van der Waals surface area contributed by atoms with Crippen molar-refractivity contribution in [1.29, 1.82) is 0 Å². The third kappa shape index (κ3) is 6.38. The van der Waals surface area contributed by atoms with Gasteiger partial charge < -0.3 is 34.8 Å². The Bertz CT molecular complexity index is 733. The maximum absolute atomic E-state index is 12.0. The van der Waals surface area contributed by atoms with Crippen LogP contribution < -0.4 is 5.32 Å². The van der Waals surface area contributed by atoms with Crippen LogP contribution in [0.4, 0.5) is 0 Å². The molecule has 1 aromatic rings. The molecule has 0 saturated carbocycles. The van der Waals surface area contributed by atoms with Gasteiger partial charge in [-0.15, -0.1) is 11.3 Å². The van der Waals surface area contributed by atoms with E-state index in [9.17, 15) is 19.8 Å². The molecule has 0 saturated heterocycles. The smallest absolute Gasteiger partial charge is 0.373 e. The van der Waals surface area contributed by atoms with Gasteiger partial charge in [-0.25, -0.2) is 4.79 Å². The van der Waals surface area contributed by atoms with Crippen molar-refractivity contribution < 1.29 is 39.1 Å². The highest BCUT2D eigenvalue weighted by atomic mass is 32.1. The minimum atomic E-state index is -1.60. The highest BCUT2D eigenvalue weighted by Crippen LogP contribution is 2.25. The summed E-state index contributed by atoms with van der Waals surface area (Å²) >= 11 is 1.56. The fourth-order valence-electron chi connectivity index (χ4n) is 2.79. The van der Waals surface area contributed by atoms with Gasteiger partial charge in [0.15, 0.2) is 6.10 Å². The van der Waals surface area contributed by atoms with Crippen LogP contribution in [0.15, 0.2) is 35.4 Å². The number of esters is 1. The van der Waals surface area contributed by atoms with Gasteiger partial charge in [0.25, 0.3) is 0 Å². The molecule has 1 amide bonds. The van der Waals surface area contributed by atoms with Gasteiger partial charge in [0.2, 0.25) is 11.7 Å². The van der Waals surface area contributed by atoms with Gasteiger partial charge in [-0.2, -0.15) is 0 Å². The molecule has 1 aliphatic rings. The number of hydrogen-bond donors (Lipinski definition) is 4. The summed E-state index contributed by atoms with van der Waals surface area (Å²) in [6.07, 6.45) is -0.284. The van der Waals surface area contributed by atoms with Crippen LogP contribution in [0.1, 0.15) is 11.8 Å². The third-order valence-electron chi connectivity index (χ3n) is 4.17. The Morgan fingerprint density at radius 2 is 2.17 bits per heavy atom. The minimum Gasteiger partial charge on any atom is -0.478 e. The molecule has 9 nitrogen and oxygen atoms in total. The number of hydrogen-bond acceptors (Lipinski definition) is 9. The molecule has 4 N–H and O–H groups in total. The number of ether oxygens (including phenoxy) is 3. The first kappa shape index (κ1) is 23.0. The van der Waals surface area contributed by atoms with Gasteiger partial charge in [-0.3, -0.25) is 4.79 Å². The highest BCUT2D eigenvalue weighted by Gasteiger charge is 2.44. The first-order valence-corrected chi connectivity index (χ1v) is 9.77. The maximum atomic E-state index is 12.0. The summed E-state index contributed by atoms with van der Waals surface area (Å²) in [5, 5.41) is 33.9. The molecule has 5 atom stereocenters. The normalized spacial score (nSPS) is 23.8. The van der Waals surface area contributed by atoms with E-state index >= 15 is 0 Å². The van der Waals surface area contributed by atoms with Crippen molar-refractivity contribution in [1.82, 2.24) is 5.32 Å². The van der Waals surface area contributed by atoms with E-state index in [0.29, 0.717) is 0 Å². The van der Waals surface area contributed by atoms with Crippen LogP contribution in [0.5, 0.6) is 0 Å². The topological polar surface area (TPSA) is 135 Å². The molecule has 0 bridgehead atoms. The van der Waals surface area contributed by atoms with Gasteiger partial charge in [-0.05, 0) is 23.6 Å². The molecule has 1 aromatic heterocycles. The number of rotatable bonds is 9. The standard InChI is InChI=1S/C19H25NO8S/c1-11(22)20-16-14(27-7-3-5-12-6-4-8-29-12)9-15(19(25)26-2)28-18(16)17(24)13(23)10-21/h3-6,8-9,13-14,16-18,21,23-24H,7,10H2,1-2H3,(H,20,22)/b5-3+/t13?,14?,16?,17?,18-/m1/s1. The fourth-order valence-corrected chi connectivity index (χ4v) is 3.44. The number of nitrogens with one attached hydrogen (secondary N) is 1. The van der Waals surface area contributed by atoms with Crippen LogP contribution in [0.25, 0.3) is 6.08 Å². The van der Waals surface area contributed by atoms with E-state index in [1.165, 1.54) is 20.1 Å². The SMILES string of the molecule is COC(=O)C1=CC(OC/C=C/c2cccs2)C(NC(C)=O)[C@H](C(O)C(O)CO)O1. The summed E-state index contributed by atoms with van der Waals surface area (Å²) < 4.78 is 15.9. The van der Waals surface area contributed by atoms with E-state index in [1.54, 1.807) is 17.4 Å². The molecular formula is C19H25NO8S. The van der Waals surface area contributed by atoms with E-state index in [2.05, 4.69) is 10.1 Å². The predicted octanol–water partition coefficient (Wildman–Crippen LogP) is -0.179.